The van der Waals surface area contributed by atoms with Gasteiger partial charge in [-0.25, -0.2) is 0 Å². The standard InChI is InChI=1S/C23H27N3O4S/c1-11(2)30-15-7-6-12(8-16(15)29-5)17-18-13(9-23(3,4)10-14(18)27)24-20-19(17)21(28)26-22(31)25-20/h6-8,11,17H,9-10H2,1-5H3,(H3,24,25,26,28,31). The minimum Gasteiger partial charge on any atom is -0.493 e. The molecular weight excluding hydrogens is 414 g/mol. The molecule has 3 N–H and O–H groups in total. The maximum atomic E-state index is 13.3. The van der Waals surface area contributed by atoms with Gasteiger partial charge < -0.3 is 19.8 Å². The lowest BCUT2D eigenvalue weighted by molar-refractivity contribution is -0.118. The van der Waals surface area contributed by atoms with Gasteiger partial charge in [0.2, 0.25) is 0 Å². The summed E-state index contributed by atoms with van der Waals surface area (Å²) >= 11 is 5.18. The first-order valence-corrected chi connectivity index (χ1v) is 10.7. The van der Waals surface area contributed by atoms with Crippen molar-refractivity contribution in [3.05, 3.63) is 55.7 Å². The molecule has 0 amide bonds. The van der Waals surface area contributed by atoms with E-state index < -0.39 is 5.92 Å². The van der Waals surface area contributed by atoms with Gasteiger partial charge in [0.05, 0.1) is 18.8 Å². The summed E-state index contributed by atoms with van der Waals surface area (Å²) in [6.45, 7) is 8.03. The van der Waals surface area contributed by atoms with Gasteiger partial charge >= 0.3 is 0 Å². The highest BCUT2D eigenvalue weighted by atomic mass is 32.1. The van der Waals surface area contributed by atoms with E-state index in [2.05, 4.69) is 29.1 Å². The lowest BCUT2D eigenvalue weighted by atomic mass is 9.69. The monoisotopic (exact) mass is 441 g/mol. The van der Waals surface area contributed by atoms with Crippen molar-refractivity contribution in [2.75, 3.05) is 12.4 Å². The molecule has 2 aliphatic rings. The number of ketones is 1. The van der Waals surface area contributed by atoms with Crippen LogP contribution in [0.3, 0.4) is 0 Å². The van der Waals surface area contributed by atoms with Crippen LogP contribution in [0.25, 0.3) is 0 Å². The molecule has 0 saturated carbocycles. The summed E-state index contributed by atoms with van der Waals surface area (Å²) in [5.74, 6) is 1.20. The Balaban J connectivity index is 1.95. The Morgan fingerprint density at radius 3 is 2.55 bits per heavy atom. The van der Waals surface area contributed by atoms with Crippen LogP contribution in [0.2, 0.25) is 0 Å². The normalized spacial score (nSPS) is 19.5. The van der Waals surface area contributed by atoms with E-state index in [1.54, 1.807) is 7.11 Å². The molecule has 1 aliphatic heterocycles. The number of nitrogens with one attached hydrogen (secondary N) is 3. The molecule has 1 aromatic heterocycles. The number of fused-ring (bicyclic) bond motifs is 1. The largest absolute Gasteiger partial charge is 0.493 e. The molecule has 0 spiro atoms. The molecule has 1 unspecified atom stereocenters. The number of H-pyrrole nitrogens is 2. The van der Waals surface area contributed by atoms with Crippen LogP contribution >= 0.6 is 12.2 Å². The number of ether oxygens (including phenoxy) is 2. The SMILES string of the molecule is COc1cc(C2C3=C(CC(C)(C)CC3=O)Nc3[nH]c(=S)[nH]c(=O)c32)ccc1OC(C)C. The number of Topliss-reactive ketones (excluding diaryl/α,β-unsaturated/α-hetero) is 1. The van der Waals surface area contributed by atoms with Crippen LogP contribution in [0.1, 0.15) is 57.6 Å². The van der Waals surface area contributed by atoms with Gasteiger partial charge in [-0.2, -0.15) is 0 Å². The molecule has 2 heterocycles. The summed E-state index contributed by atoms with van der Waals surface area (Å²) in [5.41, 5.74) is 2.20. The third-order valence-corrected chi connectivity index (χ3v) is 5.84. The molecule has 31 heavy (non-hydrogen) atoms. The minimum atomic E-state index is -0.535. The van der Waals surface area contributed by atoms with Crippen molar-refractivity contribution < 1.29 is 14.3 Å². The van der Waals surface area contributed by atoms with Crippen molar-refractivity contribution >= 4 is 23.8 Å². The molecule has 164 valence electrons. The Kier molecular flexibility index (Phi) is 5.29. The first-order chi connectivity index (χ1) is 14.6. The fraction of sp³-hybridized carbons (Fsp3) is 0.435. The topological polar surface area (TPSA) is 96.2 Å². The van der Waals surface area contributed by atoms with Gasteiger partial charge in [-0.15, -0.1) is 0 Å². The first-order valence-electron chi connectivity index (χ1n) is 10.3. The lowest BCUT2D eigenvalue weighted by Crippen LogP contribution is -2.36. The molecule has 2 aromatic rings. The average molecular weight is 442 g/mol. The zero-order valence-electron chi connectivity index (χ0n) is 18.3. The van der Waals surface area contributed by atoms with Crippen LogP contribution in [-0.4, -0.2) is 29.0 Å². The van der Waals surface area contributed by atoms with Crippen LogP contribution in [0.15, 0.2) is 34.3 Å². The quantitative estimate of drug-likeness (QED) is 0.608. The van der Waals surface area contributed by atoms with E-state index in [1.165, 1.54) is 0 Å². The number of aromatic nitrogens is 2. The van der Waals surface area contributed by atoms with E-state index in [4.69, 9.17) is 21.7 Å². The summed E-state index contributed by atoms with van der Waals surface area (Å²) < 4.78 is 11.6. The third kappa shape index (κ3) is 3.92. The van der Waals surface area contributed by atoms with E-state index in [0.29, 0.717) is 41.3 Å². The van der Waals surface area contributed by atoms with Crippen molar-refractivity contribution in [1.82, 2.24) is 9.97 Å². The number of allylic oxidation sites excluding steroid dienone is 2. The highest BCUT2D eigenvalue weighted by molar-refractivity contribution is 7.71. The van der Waals surface area contributed by atoms with Crippen molar-refractivity contribution in [2.45, 2.75) is 52.6 Å². The number of rotatable bonds is 4. The highest BCUT2D eigenvalue weighted by Crippen LogP contribution is 2.48. The maximum absolute atomic E-state index is 13.3. The van der Waals surface area contributed by atoms with Crippen LogP contribution in [0, 0.1) is 10.2 Å². The predicted molar refractivity (Wildman–Crippen MR) is 122 cm³/mol. The van der Waals surface area contributed by atoms with Crippen molar-refractivity contribution in [3.63, 3.8) is 0 Å². The number of hydrogen-bond acceptors (Lipinski definition) is 6. The van der Waals surface area contributed by atoms with Crippen molar-refractivity contribution in [2.24, 2.45) is 5.41 Å². The average Bonchev–Trinajstić information content (AvgIpc) is 2.65. The number of carbonyl (C=O) groups excluding carboxylic acids is 1. The van der Waals surface area contributed by atoms with Gasteiger partial charge in [0.25, 0.3) is 5.56 Å². The van der Waals surface area contributed by atoms with Gasteiger partial charge in [-0.05, 0) is 55.6 Å². The zero-order chi connectivity index (χ0) is 22.5. The molecule has 7 nitrogen and oxygen atoms in total. The summed E-state index contributed by atoms with van der Waals surface area (Å²) in [6, 6.07) is 5.56. The zero-order valence-corrected chi connectivity index (χ0v) is 19.2. The molecule has 0 radical (unpaired) electrons. The molecule has 1 atom stereocenters. The molecule has 0 saturated heterocycles. The summed E-state index contributed by atoms with van der Waals surface area (Å²) in [4.78, 5) is 32.0. The summed E-state index contributed by atoms with van der Waals surface area (Å²) in [6.07, 6.45) is 1.10. The Morgan fingerprint density at radius 2 is 1.87 bits per heavy atom. The number of anilines is 1. The Morgan fingerprint density at radius 1 is 1.13 bits per heavy atom. The van der Waals surface area contributed by atoms with Gasteiger partial charge in [-0.1, -0.05) is 19.9 Å². The van der Waals surface area contributed by atoms with Crippen molar-refractivity contribution in [3.8, 4) is 11.5 Å². The fourth-order valence-electron chi connectivity index (χ4n) is 4.49. The fourth-order valence-corrected chi connectivity index (χ4v) is 4.69. The molecule has 8 heteroatoms. The number of hydrogen-bond donors (Lipinski definition) is 3. The second kappa shape index (κ2) is 7.67. The van der Waals surface area contributed by atoms with Crippen LogP contribution in [0.4, 0.5) is 5.82 Å². The van der Waals surface area contributed by atoms with Crippen LogP contribution in [0.5, 0.6) is 11.5 Å². The lowest BCUT2D eigenvalue weighted by Gasteiger charge is -2.38. The smallest absolute Gasteiger partial charge is 0.257 e. The van der Waals surface area contributed by atoms with Gasteiger partial charge in [0.15, 0.2) is 22.1 Å². The molecular formula is C23H27N3O4S. The predicted octanol–water partition coefficient (Wildman–Crippen LogP) is 4.43. The Hall–Kier alpha value is -2.87. The van der Waals surface area contributed by atoms with E-state index >= 15 is 0 Å². The van der Waals surface area contributed by atoms with E-state index in [0.717, 1.165) is 11.3 Å². The van der Waals surface area contributed by atoms with Gasteiger partial charge in [0, 0.05) is 23.6 Å². The van der Waals surface area contributed by atoms with E-state index in [9.17, 15) is 9.59 Å². The van der Waals surface area contributed by atoms with E-state index in [1.807, 2.05) is 32.0 Å². The number of carbonyl (C=O) groups is 1. The third-order valence-electron chi connectivity index (χ3n) is 5.64. The molecule has 0 bridgehead atoms. The molecule has 0 fully saturated rings. The summed E-state index contributed by atoms with van der Waals surface area (Å²) in [7, 11) is 1.58. The minimum absolute atomic E-state index is 0.0151. The van der Waals surface area contributed by atoms with Gasteiger partial charge in [0.1, 0.15) is 5.82 Å². The molecule has 1 aromatic carbocycles. The molecule has 1 aliphatic carbocycles. The van der Waals surface area contributed by atoms with E-state index in [-0.39, 0.29) is 27.6 Å². The van der Waals surface area contributed by atoms with Crippen molar-refractivity contribution in [1.29, 1.82) is 0 Å². The number of benzene rings is 1. The highest BCUT2D eigenvalue weighted by Gasteiger charge is 2.42. The summed E-state index contributed by atoms with van der Waals surface area (Å²) in [5, 5.41) is 3.29. The Labute approximate surface area is 185 Å². The molecule has 4 rings (SSSR count). The number of aromatic amines is 2. The van der Waals surface area contributed by atoms with Gasteiger partial charge in [-0.3, -0.25) is 14.6 Å². The Bertz CT molecular complexity index is 1210. The number of methoxy groups -OCH3 is 1. The second-order valence-electron chi connectivity index (χ2n) is 9.17. The maximum Gasteiger partial charge on any atom is 0.257 e. The second-order valence-corrected chi connectivity index (χ2v) is 9.57. The first kappa shape index (κ1) is 21.4. The van der Waals surface area contributed by atoms with Crippen LogP contribution in [-0.2, 0) is 4.79 Å². The van der Waals surface area contributed by atoms with Crippen LogP contribution < -0.4 is 20.3 Å².